The van der Waals surface area contributed by atoms with E-state index in [1.165, 1.54) is 24.3 Å². The fourth-order valence-corrected chi connectivity index (χ4v) is 7.51. The molecule has 4 rings (SSSR count). The number of sulfone groups is 1. The van der Waals surface area contributed by atoms with Crippen molar-refractivity contribution in [3.05, 3.63) is 95.1 Å². The van der Waals surface area contributed by atoms with Gasteiger partial charge in [0.25, 0.3) is 0 Å². The minimum atomic E-state index is -4.08. The van der Waals surface area contributed by atoms with Crippen LogP contribution in [0.5, 0.6) is 0 Å². The Morgan fingerprint density at radius 2 is 1.59 bits per heavy atom. The molecule has 1 aliphatic heterocycles. The van der Waals surface area contributed by atoms with Gasteiger partial charge in [-0.1, -0.05) is 42.2 Å². The number of hydrogen-bond acceptors (Lipinski definition) is 5. The first-order valence-electron chi connectivity index (χ1n) is 9.45. The van der Waals surface area contributed by atoms with Gasteiger partial charge in [-0.2, -0.15) is 0 Å². The van der Waals surface area contributed by atoms with E-state index in [4.69, 9.17) is 5.11 Å². The number of aromatic carboxylic acids is 1. The van der Waals surface area contributed by atoms with Gasteiger partial charge in [-0.3, -0.25) is 4.72 Å². The molecule has 0 saturated heterocycles. The van der Waals surface area contributed by atoms with E-state index in [0.717, 1.165) is 0 Å². The molecular formula is C23H17NO6S2. The molecule has 9 heteroatoms. The maximum atomic E-state index is 13.1. The van der Waals surface area contributed by atoms with Gasteiger partial charge in [-0.25, -0.2) is 21.6 Å². The summed E-state index contributed by atoms with van der Waals surface area (Å²) in [6, 6.07) is 18.6. The van der Waals surface area contributed by atoms with Gasteiger partial charge in [-0.15, -0.1) is 0 Å². The average molecular weight is 468 g/mol. The second kappa shape index (κ2) is 8.15. The van der Waals surface area contributed by atoms with E-state index in [1.54, 1.807) is 48.5 Å². The van der Waals surface area contributed by atoms with Crippen LogP contribution in [0.2, 0.25) is 0 Å². The van der Waals surface area contributed by atoms with E-state index in [2.05, 4.69) is 16.6 Å². The molecule has 1 heterocycles. The predicted molar refractivity (Wildman–Crippen MR) is 120 cm³/mol. The predicted octanol–water partition coefficient (Wildman–Crippen LogP) is 3.05. The lowest BCUT2D eigenvalue weighted by Crippen LogP contribution is -2.23. The number of para-hydroxylation sites is 1. The molecule has 0 aromatic heterocycles. The van der Waals surface area contributed by atoms with Crippen molar-refractivity contribution in [1.82, 2.24) is 0 Å². The third kappa shape index (κ3) is 4.23. The van der Waals surface area contributed by atoms with Gasteiger partial charge in [-0.05, 0) is 48.0 Å². The Morgan fingerprint density at radius 3 is 2.31 bits per heavy atom. The first-order chi connectivity index (χ1) is 15.2. The van der Waals surface area contributed by atoms with Crippen LogP contribution in [-0.4, -0.2) is 33.7 Å². The normalized spacial score (nSPS) is 16.4. The van der Waals surface area contributed by atoms with Crippen LogP contribution in [0.4, 0.5) is 5.69 Å². The summed E-state index contributed by atoms with van der Waals surface area (Å²) in [6.07, 6.45) is 0. The molecule has 0 fully saturated rings. The summed E-state index contributed by atoms with van der Waals surface area (Å²) in [5.74, 6) is 4.20. The summed E-state index contributed by atoms with van der Waals surface area (Å²) in [4.78, 5) is 11.0. The Morgan fingerprint density at radius 1 is 0.938 bits per heavy atom. The second-order valence-electron chi connectivity index (χ2n) is 7.13. The molecule has 1 aliphatic rings. The Kier molecular flexibility index (Phi) is 5.50. The van der Waals surface area contributed by atoms with Gasteiger partial charge < -0.3 is 5.11 Å². The topological polar surface area (TPSA) is 118 Å². The fourth-order valence-electron chi connectivity index (χ4n) is 3.41. The minimum absolute atomic E-state index is 0.0354. The Balaban J connectivity index is 1.64. The average Bonchev–Trinajstić information content (AvgIpc) is 3.05. The maximum Gasteiger partial charge on any atom is 0.335 e. The van der Waals surface area contributed by atoms with Crippen LogP contribution in [0.15, 0.2) is 77.7 Å². The first-order valence-corrected chi connectivity index (χ1v) is 12.6. The van der Waals surface area contributed by atoms with Crippen molar-refractivity contribution in [2.45, 2.75) is 10.1 Å². The number of carboxylic acid groups (broad SMARTS) is 1. The molecule has 32 heavy (non-hydrogen) atoms. The molecule has 0 spiro atoms. The Labute approximate surface area is 185 Å². The summed E-state index contributed by atoms with van der Waals surface area (Å²) in [6.45, 7) is 0. The zero-order chi connectivity index (χ0) is 22.9. The zero-order valence-corrected chi connectivity index (χ0v) is 18.2. The van der Waals surface area contributed by atoms with Gasteiger partial charge >= 0.3 is 5.97 Å². The lowest BCUT2D eigenvalue weighted by atomic mass is 10.1. The van der Waals surface area contributed by atoms with Crippen LogP contribution in [0, 0.1) is 11.8 Å². The van der Waals surface area contributed by atoms with Crippen molar-refractivity contribution >= 4 is 31.5 Å². The number of carbonyl (C=O) groups is 1. The van der Waals surface area contributed by atoms with E-state index >= 15 is 0 Å². The van der Waals surface area contributed by atoms with Crippen LogP contribution in [0.1, 0.15) is 32.3 Å². The van der Waals surface area contributed by atoms with E-state index in [9.17, 15) is 21.6 Å². The largest absolute Gasteiger partial charge is 0.478 e. The summed E-state index contributed by atoms with van der Waals surface area (Å²) in [5, 5.41) is 7.74. The fraction of sp³-hybridized carbons (Fsp3) is 0.0870. The summed E-state index contributed by atoms with van der Waals surface area (Å²) >= 11 is 0. The van der Waals surface area contributed by atoms with E-state index in [1.807, 2.05) is 0 Å². The third-order valence-electron chi connectivity index (χ3n) is 5.00. The van der Waals surface area contributed by atoms with E-state index in [-0.39, 0.29) is 21.7 Å². The van der Waals surface area contributed by atoms with Gasteiger partial charge in [0.05, 0.1) is 21.9 Å². The molecule has 0 radical (unpaired) electrons. The number of anilines is 1. The van der Waals surface area contributed by atoms with Crippen LogP contribution in [0.3, 0.4) is 0 Å². The van der Waals surface area contributed by atoms with Crippen LogP contribution >= 0.6 is 0 Å². The number of fused-ring (bicyclic) bond motifs is 1. The standard InChI is InChI=1S/C23H17NO6S2/c25-23(26)18-13-10-16(11-14-18)9-12-17-5-1-3-7-20(17)24-32(29,30)22-15-31(27,28)21-8-4-2-6-19(21)22/h1-8,10-11,13-14,22,24H,15H2,(H,25,26). The minimum Gasteiger partial charge on any atom is -0.478 e. The van der Waals surface area contributed by atoms with Crippen LogP contribution in [-0.2, 0) is 19.9 Å². The van der Waals surface area contributed by atoms with Crippen LogP contribution in [0.25, 0.3) is 0 Å². The number of benzene rings is 3. The molecule has 1 atom stereocenters. The van der Waals surface area contributed by atoms with Crippen molar-refractivity contribution in [2.24, 2.45) is 0 Å². The van der Waals surface area contributed by atoms with Crippen LogP contribution < -0.4 is 4.72 Å². The monoisotopic (exact) mass is 467 g/mol. The molecular weight excluding hydrogens is 450 g/mol. The number of hydrogen-bond donors (Lipinski definition) is 2. The number of carboxylic acids is 1. The number of rotatable bonds is 4. The lowest BCUT2D eigenvalue weighted by molar-refractivity contribution is 0.0697. The van der Waals surface area contributed by atoms with Crippen molar-refractivity contribution < 1.29 is 26.7 Å². The zero-order valence-electron chi connectivity index (χ0n) is 16.5. The quantitative estimate of drug-likeness (QED) is 0.570. The van der Waals surface area contributed by atoms with Crippen molar-refractivity contribution in [2.75, 3.05) is 10.5 Å². The molecule has 0 aliphatic carbocycles. The molecule has 7 nitrogen and oxygen atoms in total. The Hall–Kier alpha value is -3.61. The molecule has 2 N–H and O–H groups in total. The molecule has 1 unspecified atom stereocenters. The van der Waals surface area contributed by atoms with Gasteiger partial charge in [0.15, 0.2) is 9.84 Å². The summed E-state index contributed by atoms with van der Waals surface area (Å²) in [7, 11) is -7.77. The highest BCUT2D eigenvalue weighted by molar-refractivity contribution is 7.96. The highest BCUT2D eigenvalue weighted by Crippen LogP contribution is 2.38. The third-order valence-corrected chi connectivity index (χ3v) is 8.70. The maximum absolute atomic E-state index is 13.1. The molecule has 0 saturated carbocycles. The molecule has 3 aromatic carbocycles. The lowest BCUT2D eigenvalue weighted by Gasteiger charge is -2.15. The highest BCUT2D eigenvalue weighted by atomic mass is 32.2. The smallest absolute Gasteiger partial charge is 0.335 e. The molecule has 3 aromatic rings. The Bertz CT molecular complexity index is 1480. The first kappa shape index (κ1) is 21.6. The molecule has 162 valence electrons. The van der Waals surface area contributed by atoms with Gasteiger partial charge in [0.2, 0.25) is 10.0 Å². The highest BCUT2D eigenvalue weighted by Gasteiger charge is 2.42. The summed E-state index contributed by atoms with van der Waals surface area (Å²) in [5.41, 5.74) is 1.57. The van der Waals surface area contributed by atoms with Gasteiger partial charge in [0.1, 0.15) is 5.25 Å². The van der Waals surface area contributed by atoms with Gasteiger partial charge in [0, 0.05) is 11.1 Å². The second-order valence-corrected chi connectivity index (χ2v) is 11.0. The van der Waals surface area contributed by atoms with Crippen molar-refractivity contribution in [3.63, 3.8) is 0 Å². The molecule has 0 amide bonds. The number of sulfonamides is 1. The van der Waals surface area contributed by atoms with E-state index < -0.39 is 36.8 Å². The summed E-state index contributed by atoms with van der Waals surface area (Å²) < 4.78 is 53.5. The van der Waals surface area contributed by atoms with Crippen molar-refractivity contribution in [3.8, 4) is 11.8 Å². The number of nitrogens with one attached hydrogen (secondary N) is 1. The SMILES string of the molecule is O=C(O)c1ccc(C#Cc2ccccc2NS(=O)(=O)C2CS(=O)(=O)c3ccccc32)cc1. The van der Waals surface area contributed by atoms with Crippen molar-refractivity contribution in [1.29, 1.82) is 0 Å². The molecule has 0 bridgehead atoms. The van der Waals surface area contributed by atoms with E-state index in [0.29, 0.717) is 11.1 Å².